The topological polar surface area (TPSA) is 99.3 Å². The van der Waals surface area contributed by atoms with Crippen LogP contribution in [0.2, 0.25) is 0 Å². The average molecular weight is 445 g/mol. The molecular weight excluding hydrogens is 416 g/mol. The summed E-state index contributed by atoms with van der Waals surface area (Å²) in [4.78, 5) is 36.3. The van der Waals surface area contributed by atoms with Crippen LogP contribution in [0.4, 0.5) is 16.2 Å². The molecule has 4 N–H and O–H groups in total. The molecule has 0 fully saturated rings. The van der Waals surface area contributed by atoms with Crippen molar-refractivity contribution in [1.29, 1.82) is 0 Å². The van der Waals surface area contributed by atoms with Gasteiger partial charge in [-0.25, -0.2) is 4.79 Å². The lowest BCUT2D eigenvalue weighted by molar-refractivity contribution is -0.122. The number of nitrogens with one attached hydrogen (secondary N) is 4. The van der Waals surface area contributed by atoms with Gasteiger partial charge in [0.15, 0.2) is 0 Å². The Hall–Kier alpha value is -4.13. The van der Waals surface area contributed by atoms with Gasteiger partial charge < -0.3 is 21.3 Å². The van der Waals surface area contributed by atoms with E-state index in [-0.39, 0.29) is 30.8 Å². The zero-order chi connectivity index (χ0) is 23.5. The number of hydrogen-bond donors (Lipinski definition) is 4. The first-order valence-electron chi connectivity index (χ1n) is 10.8. The van der Waals surface area contributed by atoms with E-state index in [1.807, 2.05) is 73.7 Å². The summed E-state index contributed by atoms with van der Waals surface area (Å²) in [6.07, 6.45) is 0.483. The van der Waals surface area contributed by atoms with Gasteiger partial charge in [0.25, 0.3) is 0 Å². The van der Waals surface area contributed by atoms with E-state index in [1.165, 1.54) is 0 Å². The third kappa shape index (κ3) is 8.49. The van der Waals surface area contributed by atoms with E-state index in [2.05, 4.69) is 21.3 Å². The van der Waals surface area contributed by atoms with Crippen molar-refractivity contribution in [3.05, 3.63) is 95.6 Å². The number of amides is 4. The van der Waals surface area contributed by atoms with Gasteiger partial charge in [-0.2, -0.15) is 0 Å². The minimum absolute atomic E-state index is 0.114. The average Bonchev–Trinajstić information content (AvgIpc) is 2.78. The Balaban J connectivity index is 1.38. The molecule has 0 aliphatic carbocycles. The van der Waals surface area contributed by atoms with E-state index >= 15 is 0 Å². The summed E-state index contributed by atoms with van der Waals surface area (Å²) in [6, 6.07) is 23.9. The number of carbonyl (C=O) groups is 3. The van der Waals surface area contributed by atoms with Gasteiger partial charge >= 0.3 is 6.03 Å². The summed E-state index contributed by atoms with van der Waals surface area (Å²) >= 11 is 0. The fourth-order valence-corrected chi connectivity index (χ4v) is 3.22. The van der Waals surface area contributed by atoms with Gasteiger partial charge in [0.1, 0.15) is 0 Å². The van der Waals surface area contributed by atoms with Crippen molar-refractivity contribution in [2.24, 2.45) is 0 Å². The van der Waals surface area contributed by atoms with Crippen LogP contribution in [0.3, 0.4) is 0 Å². The van der Waals surface area contributed by atoms with Crippen LogP contribution in [0.5, 0.6) is 0 Å². The van der Waals surface area contributed by atoms with Crippen LogP contribution >= 0.6 is 0 Å². The van der Waals surface area contributed by atoms with Gasteiger partial charge in [0.2, 0.25) is 11.8 Å². The van der Waals surface area contributed by atoms with E-state index in [0.29, 0.717) is 24.3 Å². The SMILES string of the molecule is Cc1cccc(NC(=O)Nc2cccc(CNC(=O)CCNC(=O)Cc3ccccc3)c2)c1. The monoisotopic (exact) mass is 444 g/mol. The Morgan fingerprint density at radius 2 is 1.36 bits per heavy atom. The standard InChI is InChI=1S/C26H28N4O3/c1-19-7-5-11-22(15-19)29-26(33)30-23-12-6-10-21(16-23)18-28-24(31)13-14-27-25(32)17-20-8-3-2-4-9-20/h2-12,15-16H,13-14,17-18H2,1H3,(H,27,32)(H,28,31)(H2,29,30,33). The summed E-state index contributed by atoms with van der Waals surface area (Å²) in [7, 11) is 0. The van der Waals surface area contributed by atoms with Crippen molar-refractivity contribution < 1.29 is 14.4 Å². The highest BCUT2D eigenvalue weighted by Crippen LogP contribution is 2.13. The van der Waals surface area contributed by atoms with E-state index in [9.17, 15) is 14.4 Å². The summed E-state index contributed by atoms with van der Waals surface area (Å²) in [5.41, 5.74) is 4.18. The number of urea groups is 1. The second-order valence-electron chi connectivity index (χ2n) is 7.69. The predicted octanol–water partition coefficient (Wildman–Crippen LogP) is 4.00. The molecule has 0 atom stereocenters. The molecule has 7 heteroatoms. The molecule has 7 nitrogen and oxygen atoms in total. The molecule has 33 heavy (non-hydrogen) atoms. The highest BCUT2D eigenvalue weighted by molar-refractivity contribution is 5.99. The predicted molar refractivity (Wildman–Crippen MR) is 130 cm³/mol. The van der Waals surface area contributed by atoms with Crippen LogP contribution in [0.25, 0.3) is 0 Å². The molecule has 3 aromatic carbocycles. The van der Waals surface area contributed by atoms with Crippen LogP contribution in [0.1, 0.15) is 23.1 Å². The first-order valence-corrected chi connectivity index (χ1v) is 10.8. The van der Waals surface area contributed by atoms with Gasteiger partial charge in [0, 0.05) is 30.9 Å². The van der Waals surface area contributed by atoms with E-state index in [4.69, 9.17) is 0 Å². The summed E-state index contributed by atoms with van der Waals surface area (Å²) < 4.78 is 0. The molecule has 3 aromatic rings. The second-order valence-corrected chi connectivity index (χ2v) is 7.69. The largest absolute Gasteiger partial charge is 0.355 e. The van der Waals surface area contributed by atoms with Crippen molar-refractivity contribution in [3.8, 4) is 0 Å². The summed E-state index contributed by atoms with van der Waals surface area (Å²) in [6.45, 7) is 2.56. The minimum atomic E-state index is -0.340. The molecule has 0 aliphatic heterocycles. The van der Waals surface area contributed by atoms with Gasteiger partial charge in [-0.15, -0.1) is 0 Å². The Labute approximate surface area is 193 Å². The highest BCUT2D eigenvalue weighted by atomic mass is 16.2. The molecule has 0 unspecified atom stereocenters. The van der Waals surface area contributed by atoms with E-state index in [0.717, 1.165) is 16.7 Å². The molecule has 0 heterocycles. The maximum Gasteiger partial charge on any atom is 0.323 e. The van der Waals surface area contributed by atoms with E-state index in [1.54, 1.807) is 12.1 Å². The van der Waals surface area contributed by atoms with Crippen molar-refractivity contribution in [2.75, 3.05) is 17.2 Å². The zero-order valence-electron chi connectivity index (χ0n) is 18.6. The Morgan fingerprint density at radius 1 is 0.697 bits per heavy atom. The van der Waals surface area contributed by atoms with Crippen LogP contribution < -0.4 is 21.3 Å². The maximum absolute atomic E-state index is 12.2. The van der Waals surface area contributed by atoms with Gasteiger partial charge in [-0.1, -0.05) is 54.6 Å². The number of aryl methyl sites for hydroxylation is 1. The zero-order valence-corrected chi connectivity index (χ0v) is 18.6. The first-order chi connectivity index (χ1) is 16.0. The normalized spacial score (nSPS) is 10.2. The Bertz CT molecular complexity index is 1100. The number of rotatable bonds is 9. The molecule has 0 bridgehead atoms. The van der Waals surface area contributed by atoms with Crippen LogP contribution in [0, 0.1) is 6.92 Å². The quantitative estimate of drug-likeness (QED) is 0.401. The summed E-state index contributed by atoms with van der Waals surface area (Å²) in [5, 5.41) is 11.2. The molecule has 0 saturated carbocycles. The maximum atomic E-state index is 12.2. The van der Waals surface area contributed by atoms with Gasteiger partial charge in [-0.05, 0) is 47.9 Å². The molecule has 0 radical (unpaired) electrons. The Kier molecular flexibility index (Phi) is 8.59. The molecular formula is C26H28N4O3. The fourth-order valence-electron chi connectivity index (χ4n) is 3.22. The van der Waals surface area contributed by atoms with Crippen LogP contribution in [0.15, 0.2) is 78.9 Å². The fraction of sp³-hybridized carbons (Fsp3) is 0.192. The highest BCUT2D eigenvalue weighted by Gasteiger charge is 2.07. The third-order valence-corrected chi connectivity index (χ3v) is 4.83. The smallest absolute Gasteiger partial charge is 0.323 e. The molecule has 0 aromatic heterocycles. The molecule has 4 amide bonds. The van der Waals surface area contributed by atoms with Crippen molar-refractivity contribution >= 4 is 29.2 Å². The lowest BCUT2D eigenvalue weighted by Crippen LogP contribution is -2.31. The van der Waals surface area contributed by atoms with Crippen LogP contribution in [-0.4, -0.2) is 24.4 Å². The summed E-state index contributed by atoms with van der Waals surface area (Å²) in [5.74, 6) is -0.276. The number of hydrogen-bond acceptors (Lipinski definition) is 3. The lowest BCUT2D eigenvalue weighted by Gasteiger charge is -2.10. The number of carbonyl (C=O) groups excluding carboxylic acids is 3. The van der Waals surface area contributed by atoms with Crippen molar-refractivity contribution in [2.45, 2.75) is 26.3 Å². The van der Waals surface area contributed by atoms with Crippen molar-refractivity contribution in [1.82, 2.24) is 10.6 Å². The number of benzene rings is 3. The third-order valence-electron chi connectivity index (χ3n) is 4.83. The van der Waals surface area contributed by atoms with Crippen LogP contribution in [-0.2, 0) is 22.6 Å². The number of anilines is 2. The second kappa shape index (κ2) is 12.0. The van der Waals surface area contributed by atoms with Gasteiger partial charge in [0.05, 0.1) is 6.42 Å². The molecule has 170 valence electrons. The Morgan fingerprint density at radius 3 is 2.09 bits per heavy atom. The first kappa shape index (κ1) is 23.5. The molecule has 0 aliphatic rings. The van der Waals surface area contributed by atoms with E-state index < -0.39 is 0 Å². The van der Waals surface area contributed by atoms with Crippen molar-refractivity contribution in [3.63, 3.8) is 0 Å². The van der Waals surface area contributed by atoms with Gasteiger partial charge in [-0.3, -0.25) is 9.59 Å². The minimum Gasteiger partial charge on any atom is -0.355 e. The lowest BCUT2D eigenvalue weighted by atomic mass is 10.1. The molecule has 3 rings (SSSR count). The molecule has 0 spiro atoms. The molecule has 0 saturated heterocycles.